The first-order valence-corrected chi connectivity index (χ1v) is 13.2. The number of nitrogens with zero attached hydrogens (tertiary/aromatic N) is 3. The zero-order valence-electron chi connectivity index (χ0n) is 18.9. The van der Waals surface area contributed by atoms with Crippen LogP contribution in [-0.2, 0) is 4.43 Å². The summed E-state index contributed by atoms with van der Waals surface area (Å²) >= 11 is 6.59. The van der Waals surface area contributed by atoms with Crippen LogP contribution >= 0.6 is 11.6 Å². The Hall–Kier alpha value is -2.09. The van der Waals surface area contributed by atoms with Crippen molar-refractivity contribution in [3.8, 4) is 17.3 Å². The predicted octanol–water partition coefficient (Wildman–Crippen LogP) is 6.17. The van der Waals surface area contributed by atoms with Gasteiger partial charge in [-0.25, -0.2) is 9.97 Å². The fraction of sp³-hybridized carbons (Fsp3) is 0.455. The number of hydrogen-bond donors (Lipinski definition) is 0. The largest absolute Gasteiger partial charge is 0.493 e. The van der Waals surface area contributed by atoms with Gasteiger partial charge in [0.05, 0.1) is 31.4 Å². The van der Waals surface area contributed by atoms with Crippen LogP contribution in [0.15, 0.2) is 30.6 Å². The van der Waals surface area contributed by atoms with Crippen LogP contribution < -0.4 is 9.47 Å². The Morgan fingerprint density at radius 3 is 2.27 bits per heavy atom. The Labute approximate surface area is 184 Å². The summed E-state index contributed by atoms with van der Waals surface area (Å²) in [7, 11) is 1.29. The first-order chi connectivity index (χ1) is 14.0. The fourth-order valence-electron chi connectivity index (χ4n) is 3.07. The second-order valence-electron chi connectivity index (χ2n) is 8.88. The standard InChI is InChI=1S/C22H30ClN3O3Si/c1-14(29-30(7,8)22(2,3)4)15-9-10-20(25-21(15)23)26-13-24-16-11-18(27-5)19(28-6)12-17(16)26/h9-14H,1-8H3. The number of methoxy groups -OCH3 is 2. The van der Waals surface area contributed by atoms with Gasteiger partial charge in [0.2, 0.25) is 0 Å². The molecule has 2 heterocycles. The van der Waals surface area contributed by atoms with Crippen molar-refractivity contribution in [1.29, 1.82) is 0 Å². The molecule has 30 heavy (non-hydrogen) atoms. The van der Waals surface area contributed by atoms with Crippen LogP contribution in [0.1, 0.15) is 39.4 Å². The van der Waals surface area contributed by atoms with Crippen LogP contribution in [0, 0.1) is 0 Å². The molecule has 0 aliphatic rings. The van der Waals surface area contributed by atoms with Crippen LogP contribution in [0.2, 0.25) is 23.3 Å². The molecule has 0 radical (unpaired) electrons. The first kappa shape index (κ1) is 22.6. The highest BCUT2D eigenvalue weighted by atomic mass is 35.5. The molecule has 1 unspecified atom stereocenters. The molecule has 0 aliphatic heterocycles. The summed E-state index contributed by atoms with van der Waals surface area (Å²) in [6.07, 6.45) is 1.58. The first-order valence-electron chi connectivity index (χ1n) is 9.92. The molecule has 0 aliphatic carbocycles. The van der Waals surface area contributed by atoms with Gasteiger partial charge in [-0.2, -0.15) is 0 Å². The van der Waals surface area contributed by atoms with E-state index in [1.165, 1.54) is 0 Å². The van der Waals surface area contributed by atoms with Gasteiger partial charge in [0.1, 0.15) is 17.3 Å². The second kappa shape index (κ2) is 8.21. The maximum Gasteiger partial charge on any atom is 0.192 e. The molecule has 0 amide bonds. The normalized spacial score (nSPS) is 13.5. The average molecular weight is 448 g/mol. The SMILES string of the molecule is COc1cc2ncn(-c3ccc(C(C)O[Si](C)(C)C(C)(C)C)c(Cl)n3)c2cc1OC. The third kappa shape index (κ3) is 4.19. The van der Waals surface area contributed by atoms with Crippen molar-refractivity contribution in [3.63, 3.8) is 0 Å². The Morgan fingerprint density at radius 2 is 1.70 bits per heavy atom. The number of imidazole rings is 1. The van der Waals surface area contributed by atoms with Crippen molar-refractivity contribution in [1.82, 2.24) is 14.5 Å². The lowest BCUT2D eigenvalue weighted by Crippen LogP contribution is -2.41. The number of aromatic nitrogens is 3. The summed E-state index contributed by atoms with van der Waals surface area (Å²) in [4.78, 5) is 9.10. The number of halogens is 1. The lowest BCUT2D eigenvalue weighted by atomic mass is 10.2. The van der Waals surface area contributed by atoms with E-state index in [4.69, 9.17) is 25.5 Å². The van der Waals surface area contributed by atoms with E-state index in [0.29, 0.717) is 22.5 Å². The number of ether oxygens (including phenoxy) is 2. The molecule has 1 atom stereocenters. The van der Waals surface area contributed by atoms with Crippen molar-refractivity contribution in [2.24, 2.45) is 0 Å². The van der Waals surface area contributed by atoms with E-state index in [-0.39, 0.29) is 11.1 Å². The van der Waals surface area contributed by atoms with Crippen molar-refractivity contribution in [2.75, 3.05) is 14.2 Å². The summed E-state index contributed by atoms with van der Waals surface area (Å²) in [5.74, 6) is 1.94. The Morgan fingerprint density at radius 1 is 1.07 bits per heavy atom. The number of rotatable bonds is 6. The summed E-state index contributed by atoms with van der Waals surface area (Å²) in [6.45, 7) is 13.2. The third-order valence-corrected chi connectivity index (χ3v) is 10.7. The quantitative estimate of drug-likeness (QED) is 0.334. The lowest BCUT2D eigenvalue weighted by Gasteiger charge is -2.38. The minimum atomic E-state index is -1.92. The summed E-state index contributed by atoms with van der Waals surface area (Å²) in [5, 5.41) is 0.553. The van der Waals surface area contributed by atoms with Crippen molar-refractivity contribution in [3.05, 3.63) is 41.3 Å². The topological polar surface area (TPSA) is 58.4 Å². The molecule has 0 saturated heterocycles. The monoisotopic (exact) mass is 447 g/mol. The van der Waals surface area contributed by atoms with Gasteiger partial charge in [-0.05, 0) is 37.2 Å². The molecule has 3 aromatic rings. The van der Waals surface area contributed by atoms with Crippen LogP contribution in [0.25, 0.3) is 16.9 Å². The molecule has 1 aromatic carbocycles. The zero-order valence-corrected chi connectivity index (χ0v) is 20.7. The van der Waals surface area contributed by atoms with Gasteiger partial charge in [0, 0.05) is 17.7 Å². The minimum absolute atomic E-state index is 0.122. The molecule has 8 heteroatoms. The summed E-state index contributed by atoms with van der Waals surface area (Å²) in [5.41, 5.74) is 2.52. The van der Waals surface area contributed by atoms with Gasteiger partial charge < -0.3 is 13.9 Å². The molecular weight excluding hydrogens is 418 g/mol. The Bertz CT molecular complexity index is 1060. The van der Waals surface area contributed by atoms with Crippen LogP contribution in [0.5, 0.6) is 11.5 Å². The van der Waals surface area contributed by atoms with E-state index >= 15 is 0 Å². The predicted molar refractivity (Wildman–Crippen MR) is 124 cm³/mol. The minimum Gasteiger partial charge on any atom is -0.493 e. The molecule has 6 nitrogen and oxygen atoms in total. The van der Waals surface area contributed by atoms with E-state index in [2.05, 4.69) is 43.8 Å². The van der Waals surface area contributed by atoms with E-state index in [0.717, 1.165) is 16.6 Å². The zero-order chi connectivity index (χ0) is 22.3. The molecule has 3 rings (SSSR count). The van der Waals surface area contributed by atoms with Crippen molar-refractivity contribution < 1.29 is 13.9 Å². The van der Waals surface area contributed by atoms with E-state index in [1.807, 2.05) is 35.8 Å². The van der Waals surface area contributed by atoms with Gasteiger partial charge in [-0.1, -0.05) is 32.4 Å². The Balaban J connectivity index is 1.96. The highest BCUT2D eigenvalue weighted by molar-refractivity contribution is 6.74. The second-order valence-corrected chi connectivity index (χ2v) is 14.0. The van der Waals surface area contributed by atoms with E-state index in [1.54, 1.807) is 20.5 Å². The number of fused-ring (bicyclic) bond motifs is 1. The van der Waals surface area contributed by atoms with Crippen LogP contribution in [-0.4, -0.2) is 37.1 Å². The van der Waals surface area contributed by atoms with E-state index in [9.17, 15) is 0 Å². The van der Waals surface area contributed by atoms with E-state index < -0.39 is 8.32 Å². The number of benzene rings is 1. The molecular formula is C22H30ClN3O3Si. The Kier molecular flexibility index (Phi) is 6.18. The molecule has 0 saturated carbocycles. The third-order valence-electron chi connectivity index (χ3n) is 5.88. The summed E-state index contributed by atoms with van der Waals surface area (Å²) in [6, 6.07) is 7.64. The average Bonchev–Trinajstić information content (AvgIpc) is 3.08. The number of hydrogen-bond acceptors (Lipinski definition) is 5. The smallest absolute Gasteiger partial charge is 0.192 e. The molecule has 0 spiro atoms. The number of pyridine rings is 1. The highest BCUT2D eigenvalue weighted by Gasteiger charge is 2.39. The fourth-order valence-corrected chi connectivity index (χ4v) is 4.74. The van der Waals surface area contributed by atoms with Crippen LogP contribution in [0.3, 0.4) is 0 Å². The van der Waals surface area contributed by atoms with Crippen molar-refractivity contribution >= 4 is 31.0 Å². The summed E-state index contributed by atoms with van der Waals surface area (Å²) < 4.78 is 19.2. The maximum atomic E-state index is 6.59. The van der Waals surface area contributed by atoms with Gasteiger partial charge in [-0.15, -0.1) is 0 Å². The molecule has 162 valence electrons. The van der Waals surface area contributed by atoms with Gasteiger partial charge in [0.25, 0.3) is 0 Å². The maximum absolute atomic E-state index is 6.59. The van der Waals surface area contributed by atoms with Gasteiger partial charge in [-0.3, -0.25) is 4.57 Å². The molecule has 0 N–H and O–H groups in total. The van der Waals surface area contributed by atoms with Gasteiger partial charge >= 0.3 is 0 Å². The van der Waals surface area contributed by atoms with Crippen LogP contribution in [0.4, 0.5) is 0 Å². The molecule has 0 bridgehead atoms. The molecule has 2 aromatic heterocycles. The highest BCUT2D eigenvalue weighted by Crippen LogP contribution is 2.40. The molecule has 0 fully saturated rings. The lowest BCUT2D eigenvalue weighted by molar-refractivity contribution is 0.202. The van der Waals surface area contributed by atoms with Gasteiger partial charge in [0.15, 0.2) is 19.8 Å². The van der Waals surface area contributed by atoms with Crippen molar-refractivity contribution in [2.45, 2.75) is 51.9 Å².